The zero-order valence-corrected chi connectivity index (χ0v) is 24.7. The van der Waals surface area contributed by atoms with E-state index in [4.69, 9.17) is 15.0 Å². The van der Waals surface area contributed by atoms with E-state index in [0.29, 0.717) is 22.6 Å². The Kier molecular flexibility index (Phi) is 8.70. The van der Waals surface area contributed by atoms with Crippen LogP contribution in [0.2, 0.25) is 11.6 Å². The molecule has 1 unspecified atom stereocenters. The molecule has 4 aromatic rings. The van der Waals surface area contributed by atoms with E-state index in [1.165, 1.54) is 12.1 Å². The molecule has 1 atom stereocenters. The van der Waals surface area contributed by atoms with E-state index in [9.17, 15) is 9.18 Å². The van der Waals surface area contributed by atoms with Gasteiger partial charge in [-0.25, -0.2) is 9.37 Å². The lowest BCUT2D eigenvalue weighted by Gasteiger charge is -2.28. The van der Waals surface area contributed by atoms with Gasteiger partial charge in [0, 0.05) is 18.0 Å². The Morgan fingerprint density at radius 3 is 2.50 bits per heavy atom. The highest BCUT2D eigenvalue weighted by atomic mass is 28.3. The fraction of sp³-hybridized carbons (Fsp3) is 0.300. The molecule has 2 aromatic carbocycles. The van der Waals surface area contributed by atoms with Gasteiger partial charge in [-0.05, 0) is 60.5 Å². The molecule has 0 saturated carbocycles. The van der Waals surface area contributed by atoms with Gasteiger partial charge in [0.15, 0.2) is 0 Å². The Hall–Kier alpha value is -4.02. The molecule has 0 aliphatic rings. The van der Waals surface area contributed by atoms with E-state index in [-0.39, 0.29) is 23.0 Å². The van der Waals surface area contributed by atoms with E-state index in [1.807, 2.05) is 29.8 Å². The van der Waals surface area contributed by atoms with Crippen LogP contribution in [0.5, 0.6) is 5.75 Å². The highest BCUT2D eigenvalue weighted by Crippen LogP contribution is 2.29. The molecular formula is C30H35FN5O3Si. The van der Waals surface area contributed by atoms with Crippen molar-refractivity contribution < 1.29 is 13.6 Å². The molecule has 4 rings (SSSR count). The highest BCUT2D eigenvalue weighted by Gasteiger charge is 2.27. The maximum absolute atomic E-state index is 14.0. The van der Waals surface area contributed by atoms with Gasteiger partial charge in [-0.2, -0.15) is 5.10 Å². The van der Waals surface area contributed by atoms with Crippen LogP contribution in [-0.2, 0) is 4.43 Å². The highest BCUT2D eigenvalue weighted by molar-refractivity contribution is 6.53. The standard InChI is InChI=1S/C30H35FN5O3Si/c1-20-17-35(19-33-20)25-14-11-22(16-27(25)38-5)28(34-32)24-8-7-15-36(29(24)37)26(18-39-40(6)30(2,3)4)21-9-12-23(31)13-10-21/h7-17,19,26H,18,32H2,1-6H3/b34-28-. The minimum atomic E-state index is -1.19. The summed E-state index contributed by atoms with van der Waals surface area (Å²) in [4.78, 5) is 18.3. The van der Waals surface area contributed by atoms with Gasteiger partial charge in [-0.3, -0.25) is 4.79 Å². The third-order valence-electron chi connectivity index (χ3n) is 6.91. The van der Waals surface area contributed by atoms with Gasteiger partial charge in [-0.1, -0.05) is 39.0 Å². The largest absolute Gasteiger partial charge is 0.495 e. The number of halogens is 1. The molecule has 40 heavy (non-hydrogen) atoms. The second kappa shape index (κ2) is 12.0. The Morgan fingerprint density at radius 1 is 1.18 bits per heavy atom. The molecule has 0 aliphatic carbocycles. The van der Waals surface area contributed by atoms with Crippen molar-refractivity contribution in [3.05, 3.63) is 112 Å². The second-order valence-corrected chi connectivity index (χ2v) is 13.5. The zero-order chi connectivity index (χ0) is 29.0. The maximum Gasteiger partial charge on any atom is 0.260 e. The Labute approximate surface area is 235 Å². The predicted molar refractivity (Wildman–Crippen MR) is 157 cm³/mol. The number of benzene rings is 2. The van der Waals surface area contributed by atoms with Crippen molar-refractivity contribution in [3.63, 3.8) is 0 Å². The third-order valence-corrected chi connectivity index (χ3v) is 9.62. The summed E-state index contributed by atoms with van der Waals surface area (Å²) in [5, 5.41) is 4.02. The quantitative estimate of drug-likeness (QED) is 0.131. The van der Waals surface area contributed by atoms with Crippen molar-refractivity contribution in [2.75, 3.05) is 13.7 Å². The predicted octanol–water partition coefficient (Wildman–Crippen LogP) is 5.23. The van der Waals surface area contributed by atoms with Gasteiger partial charge in [-0.15, -0.1) is 0 Å². The van der Waals surface area contributed by atoms with E-state index in [0.717, 1.165) is 16.9 Å². The number of aromatic nitrogens is 3. The number of imidazole rings is 1. The maximum atomic E-state index is 14.0. The van der Waals surface area contributed by atoms with Gasteiger partial charge in [0.2, 0.25) is 9.04 Å². The molecule has 0 fully saturated rings. The lowest BCUT2D eigenvalue weighted by molar-refractivity contribution is 0.259. The number of methoxy groups -OCH3 is 1. The van der Waals surface area contributed by atoms with Gasteiger partial charge in [0.1, 0.15) is 17.3 Å². The van der Waals surface area contributed by atoms with E-state index < -0.39 is 15.1 Å². The van der Waals surface area contributed by atoms with Crippen molar-refractivity contribution in [3.8, 4) is 11.4 Å². The molecule has 0 saturated heterocycles. The Morgan fingerprint density at radius 2 is 1.90 bits per heavy atom. The van der Waals surface area contributed by atoms with Crippen LogP contribution in [-0.4, -0.2) is 42.6 Å². The first kappa shape index (κ1) is 29.0. The lowest BCUT2D eigenvalue weighted by Crippen LogP contribution is -2.35. The monoisotopic (exact) mass is 560 g/mol. The minimum Gasteiger partial charge on any atom is -0.495 e. The number of nitrogens with two attached hydrogens (primary N) is 1. The minimum absolute atomic E-state index is 0.00479. The van der Waals surface area contributed by atoms with Gasteiger partial charge < -0.3 is 24.1 Å². The normalized spacial score (nSPS) is 13.1. The number of rotatable bonds is 9. The van der Waals surface area contributed by atoms with Crippen LogP contribution >= 0.6 is 0 Å². The summed E-state index contributed by atoms with van der Waals surface area (Å²) in [5.41, 5.74) is 3.40. The fourth-order valence-electron chi connectivity index (χ4n) is 4.27. The first-order valence-corrected chi connectivity index (χ1v) is 14.9. The summed E-state index contributed by atoms with van der Waals surface area (Å²) >= 11 is 0. The Bertz CT molecular complexity index is 1560. The van der Waals surface area contributed by atoms with E-state index >= 15 is 0 Å². The zero-order valence-electron chi connectivity index (χ0n) is 23.7. The van der Waals surface area contributed by atoms with Crippen LogP contribution in [0, 0.1) is 12.7 Å². The van der Waals surface area contributed by atoms with Crippen LogP contribution in [0.15, 0.2) is 83.2 Å². The number of hydrogen-bond acceptors (Lipinski definition) is 6. The molecule has 10 heteroatoms. The molecule has 0 aliphatic heterocycles. The summed E-state index contributed by atoms with van der Waals surface area (Å²) in [6.45, 7) is 10.7. The van der Waals surface area contributed by atoms with Crippen molar-refractivity contribution in [2.45, 2.75) is 45.3 Å². The third kappa shape index (κ3) is 6.24. The average molecular weight is 561 g/mol. The van der Waals surface area contributed by atoms with Crippen molar-refractivity contribution >= 4 is 14.8 Å². The number of hydrazone groups is 1. The number of ether oxygens (including phenoxy) is 1. The topological polar surface area (TPSA) is 96.7 Å². The summed E-state index contributed by atoms with van der Waals surface area (Å²) in [6.07, 6.45) is 5.31. The summed E-state index contributed by atoms with van der Waals surface area (Å²) < 4.78 is 29.2. The lowest BCUT2D eigenvalue weighted by atomic mass is 10.0. The molecule has 209 valence electrons. The van der Waals surface area contributed by atoms with Gasteiger partial charge >= 0.3 is 0 Å². The SMILES string of the molecule is COc1cc(/C(=N/N)c2cccn(C(CO[Si](C)C(C)(C)C)c3ccc(F)cc3)c2=O)ccc1-n1cnc(C)c1. The van der Waals surface area contributed by atoms with Crippen LogP contribution < -0.4 is 16.1 Å². The van der Waals surface area contributed by atoms with Crippen LogP contribution in [0.4, 0.5) is 4.39 Å². The average Bonchev–Trinajstić information content (AvgIpc) is 3.36. The van der Waals surface area contributed by atoms with E-state index in [2.05, 4.69) is 37.4 Å². The molecule has 2 N–H and O–H groups in total. The smallest absolute Gasteiger partial charge is 0.260 e. The molecule has 2 heterocycles. The van der Waals surface area contributed by atoms with E-state index in [1.54, 1.807) is 54.5 Å². The first-order chi connectivity index (χ1) is 19.0. The molecule has 0 amide bonds. The molecule has 0 bridgehead atoms. The van der Waals surface area contributed by atoms with Crippen molar-refractivity contribution in [1.29, 1.82) is 0 Å². The second-order valence-electron chi connectivity index (χ2n) is 10.6. The molecular weight excluding hydrogens is 525 g/mol. The summed E-state index contributed by atoms with van der Waals surface area (Å²) in [5.74, 6) is 6.10. The van der Waals surface area contributed by atoms with Gasteiger partial charge in [0.25, 0.3) is 5.56 Å². The summed E-state index contributed by atoms with van der Waals surface area (Å²) in [7, 11) is 0.384. The van der Waals surface area contributed by atoms with Crippen molar-refractivity contribution in [1.82, 2.24) is 14.1 Å². The number of nitrogens with zero attached hydrogens (tertiary/aromatic N) is 4. The molecule has 0 spiro atoms. The van der Waals surface area contributed by atoms with Crippen LogP contribution in [0.1, 0.15) is 49.2 Å². The van der Waals surface area contributed by atoms with Crippen LogP contribution in [0.3, 0.4) is 0 Å². The van der Waals surface area contributed by atoms with Crippen LogP contribution in [0.25, 0.3) is 5.69 Å². The number of hydrogen-bond donors (Lipinski definition) is 1. The van der Waals surface area contributed by atoms with Crippen molar-refractivity contribution in [2.24, 2.45) is 10.9 Å². The summed E-state index contributed by atoms with van der Waals surface area (Å²) in [6, 6.07) is 14.6. The Balaban J connectivity index is 1.76. The fourth-order valence-corrected chi connectivity index (χ4v) is 5.11. The number of aryl methyl sites for hydroxylation is 1. The number of pyridine rings is 1. The van der Waals surface area contributed by atoms with Gasteiger partial charge in [0.05, 0.1) is 43.0 Å². The molecule has 1 radical (unpaired) electrons. The molecule has 2 aromatic heterocycles. The first-order valence-electron chi connectivity index (χ1n) is 12.9. The molecule has 8 nitrogen and oxygen atoms in total.